The Balaban J connectivity index is 4.52. The Morgan fingerprint density at radius 1 is 1.30 bits per heavy atom. The highest BCUT2D eigenvalue weighted by atomic mass is 16.3. The van der Waals surface area contributed by atoms with Gasteiger partial charge in [0.05, 0.1) is 0 Å². The van der Waals surface area contributed by atoms with E-state index in [1.54, 1.807) is 0 Å². The van der Waals surface area contributed by atoms with Gasteiger partial charge in [-0.2, -0.15) is 0 Å². The number of hydrogen-bond donors (Lipinski definition) is 3. The van der Waals surface area contributed by atoms with Crippen molar-refractivity contribution < 1.29 is 9.90 Å². The number of aliphatic hydroxyl groups excluding tert-OH is 1. The maximum Gasteiger partial charge on any atom is 0.315 e. The van der Waals surface area contributed by atoms with Crippen LogP contribution in [0.15, 0.2) is 0 Å². The van der Waals surface area contributed by atoms with Gasteiger partial charge in [0.1, 0.15) is 0 Å². The van der Waals surface area contributed by atoms with E-state index in [2.05, 4.69) is 29.4 Å². The van der Waals surface area contributed by atoms with Crippen LogP contribution in [0, 0.1) is 5.41 Å². The Hall–Kier alpha value is -0.810. The fourth-order valence-electron chi connectivity index (χ4n) is 2.23. The standard InChI is InChI=1S/C15H33N3O2/c1-8-15(5,9-10-19)17-13(20)16-12(2)14(3,4)11-18(6)7/h12,19H,8-11H2,1-7H3,(H2,16,17,20). The lowest BCUT2D eigenvalue weighted by atomic mass is 9.85. The highest BCUT2D eigenvalue weighted by Crippen LogP contribution is 2.21. The number of nitrogens with zero attached hydrogens (tertiary/aromatic N) is 1. The molecule has 0 aliphatic rings. The van der Waals surface area contributed by atoms with Crippen LogP contribution in [0.3, 0.4) is 0 Å². The number of rotatable bonds is 8. The summed E-state index contributed by atoms with van der Waals surface area (Å²) in [5.41, 5.74) is -0.370. The first-order chi connectivity index (χ1) is 9.06. The van der Waals surface area contributed by atoms with Gasteiger partial charge in [-0.15, -0.1) is 0 Å². The molecule has 5 heteroatoms. The lowest BCUT2D eigenvalue weighted by Gasteiger charge is -2.36. The molecule has 3 N–H and O–H groups in total. The van der Waals surface area contributed by atoms with Crippen LogP contribution >= 0.6 is 0 Å². The van der Waals surface area contributed by atoms with Gasteiger partial charge in [0, 0.05) is 24.7 Å². The quantitative estimate of drug-likeness (QED) is 0.638. The van der Waals surface area contributed by atoms with E-state index in [0.717, 1.165) is 13.0 Å². The molecule has 0 radical (unpaired) electrons. The third-order valence-electron chi connectivity index (χ3n) is 4.10. The molecule has 2 amide bonds. The van der Waals surface area contributed by atoms with E-state index in [1.807, 2.05) is 34.9 Å². The monoisotopic (exact) mass is 287 g/mol. The molecule has 0 aromatic rings. The highest BCUT2D eigenvalue weighted by Gasteiger charge is 2.30. The van der Waals surface area contributed by atoms with Crippen LogP contribution in [0.5, 0.6) is 0 Å². The van der Waals surface area contributed by atoms with Crippen molar-refractivity contribution in [1.82, 2.24) is 15.5 Å². The van der Waals surface area contributed by atoms with Crippen molar-refractivity contribution in [1.29, 1.82) is 0 Å². The molecule has 2 atom stereocenters. The number of urea groups is 1. The van der Waals surface area contributed by atoms with Gasteiger partial charge < -0.3 is 20.6 Å². The molecular weight excluding hydrogens is 254 g/mol. The minimum absolute atomic E-state index is 0.0135. The molecular formula is C15H33N3O2. The first kappa shape index (κ1) is 19.2. The minimum Gasteiger partial charge on any atom is -0.396 e. The van der Waals surface area contributed by atoms with Gasteiger partial charge in [-0.05, 0) is 46.2 Å². The Kier molecular flexibility index (Phi) is 7.52. The third kappa shape index (κ3) is 6.57. The predicted octanol–water partition coefficient (Wildman–Crippen LogP) is 1.81. The van der Waals surface area contributed by atoms with E-state index >= 15 is 0 Å². The maximum absolute atomic E-state index is 12.1. The largest absolute Gasteiger partial charge is 0.396 e. The SMILES string of the molecule is CCC(C)(CCO)NC(=O)NC(C)C(C)(C)CN(C)C. The van der Waals surface area contributed by atoms with Crippen LogP contribution in [-0.2, 0) is 0 Å². The van der Waals surface area contributed by atoms with Crippen molar-refractivity contribution >= 4 is 6.03 Å². The van der Waals surface area contributed by atoms with Gasteiger partial charge in [0.2, 0.25) is 0 Å². The van der Waals surface area contributed by atoms with E-state index in [0.29, 0.717) is 6.42 Å². The zero-order chi connectivity index (χ0) is 16.0. The molecule has 5 nitrogen and oxygen atoms in total. The summed E-state index contributed by atoms with van der Waals surface area (Å²) in [6, 6.07) is -0.109. The molecule has 0 bridgehead atoms. The fraction of sp³-hybridized carbons (Fsp3) is 0.933. The summed E-state index contributed by atoms with van der Waals surface area (Å²) in [5.74, 6) is 0. The summed E-state index contributed by atoms with van der Waals surface area (Å²) in [6.45, 7) is 11.3. The molecule has 0 heterocycles. The molecule has 0 aliphatic carbocycles. The first-order valence-electron chi connectivity index (χ1n) is 7.40. The summed E-state index contributed by atoms with van der Waals surface area (Å²) in [7, 11) is 4.06. The second kappa shape index (κ2) is 7.84. The van der Waals surface area contributed by atoms with Crippen LogP contribution in [0.25, 0.3) is 0 Å². The van der Waals surface area contributed by atoms with Gasteiger partial charge in [0.15, 0.2) is 0 Å². The average Bonchev–Trinajstić information content (AvgIpc) is 2.27. The fourth-order valence-corrected chi connectivity index (χ4v) is 2.23. The van der Waals surface area contributed by atoms with Crippen molar-refractivity contribution in [3.63, 3.8) is 0 Å². The summed E-state index contributed by atoms with van der Waals surface area (Å²) in [5, 5.41) is 15.1. The number of nitrogens with one attached hydrogen (secondary N) is 2. The van der Waals surface area contributed by atoms with E-state index in [-0.39, 0.29) is 29.6 Å². The Morgan fingerprint density at radius 3 is 2.25 bits per heavy atom. The summed E-state index contributed by atoms with van der Waals surface area (Å²) in [6.07, 6.45) is 1.35. The molecule has 0 spiro atoms. The molecule has 0 aromatic carbocycles. The van der Waals surface area contributed by atoms with Crippen LogP contribution in [0.2, 0.25) is 0 Å². The zero-order valence-electron chi connectivity index (χ0n) is 14.2. The summed E-state index contributed by atoms with van der Waals surface area (Å²) in [4.78, 5) is 14.2. The lowest BCUT2D eigenvalue weighted by Crippen LogP contribution is -2.55. The van der Waals surface area contributed by atoms with Crippen LogP contribution in [0.1, 0.15) is 47.5 Å². The van der Waals surface area contributed by atoms with Crippen molar-refractivity contribution in [2.24, 2.45) is 5.41 Å². The smallest absolute Gasteiger partial charge is 0.315 e. The molecule has 0 saturated heterocycles. The molecule has 120 valence electrons. The highest BCUT2D eigenvalue weighted by molar-refractivity contribution is 5.75. The van der Waals surface area contributed by atoms with E-state index < -0.39 is 0 Å². The topological polar surface area (TPSA) is 64.6 Å². The molecule has 0 fully saturated rings. The molecule has 20 heavy (non-hydrogen) atoms. The van der Waals surface area contributed by atoms with Crippen LogP contribution in [0.4, 0.5) is 4.79 Å². The van der Waals surface area contributed by atoms with Crippen LogP contribution < -0.4 is 10.6 Å². The molecule has 0 rings (SSSR count). The van der Waals surface area contributed by atoms with Gasteiger partial charge >= 0.3 is 6.03 Å². The normalized spacial score (nSPS) is 16.6. The van der Waals surface area contributed by atoms with Crippen molar-refractivity contribution in [2.75, 3.05) is 27.2 Å². The molecule has 0 aromatic heterocycles. The second-order valence-electron chi connectivity index (χ2n) is 6.93. The van der Waals surface area contributed by atoms with Gasteiger partial charge in [0.25, 0.3) is 0 Å². The number of amides is 2. The predicted molar refractivity (Wildman–Crippen MR) is 83.9 cm³/mol. The maximum atomic E-state index is 12.1. The average molecular weight is 287 g/mol. The Labute approximate surface area is 124 Å². The van der Waals surface area contributed by atoms with Crippen LogP contribution in [-0.4, -0.2) is 54.9 Å². The zero-order valence-corrected chi connectivity index (χ0v) is 14.2. The molecule has 2 unspecified atom stereocenters. The first-order valence-corrected chi connectivity index (χ1v) is 7.40. The van der Waals surface area contributed by atoms with Gasteiger partial charge in [-0.25, -0.2) is 4.79 Å². The molecule has 0 aliphatic heterocycles. The van der Waals surface area contributed by atoms with E-state index in [1.165, 1.54) is 0 Å². The summed E-state index contributed by atoms with van der Waals surface area (Å²) >= 11 is 0. The van der Waals surface area contributed by atoms with E-state index in [4.69, 9.17) is 5.11 Å². The van der Waals surface area contributed by atoms with Crippen molar-refractivity contribution in [2.45, 2.75) is 59.0 Å². The molecule has 0 saturated carbocycles. The minimum atomic E-state index is -0.357. The lowest BCUT2D eigenvalue weighted by molar-refractivity contribution is 0.169. The van der Waals surface area contributed by atoms with E-state index in [9.17, 15) is 4.79 Å². The summed E-state index contributed by atoms with van der Waals surface area (Å²) < 4.78 is 0. The number of hydrogen-bond acceptors (Lipinski definition) is 3. The Bertz CT molecular complexity index is 305. The van der Waals surface area contributed by atoms with Gasteiger partial charge in [-0.1, -0.05) is 20.8 Å². The second-order valence-corrected chi connectivity index (χ2v) is 6.93. The van der Waals surface area contributed by atoms with Gasteiger partial charge in [-0.3, -0.25) is 0 Å². The number of carbonyl (C=O) groups is 1. The number of aliphatic hydroxyl groups is 1. The van der Waals surface area contributed by atoms with Crippen molar-refractivity contribution in [3.05, 3.63) is 0 Å². The van der Waals surface area contributed by atoms with Crippen molar-refractivity contribution in [3.8, 4) is 0 Å². The Morgan fingerprint density at radius 2 is 1.85 bits per heavy atom. The number of carbonyl (C=O) groups excluding carboxylic acids is 1. The third-order valence-corrected chi connectivity index (χ3v) is 4.10.